The standard InChI is InChI=1S/C19H29F2N3O2Si/c1-19(2,3)27(4,5)26-15(11-16-22-18(17(20)21)24-23-16)13-25-12-14-9-7-6-8-10-14/h6-10,15,17H,11-13H2,1-5H3,(H,22,23,24). The van der Waals surface area contributed by atoms with Gasteiger partial charge in [-0.25, -0.2) is 13.8 Å². The summed E-state index contributed by atoms with van der Waals surface area (Å²) < 4.78 is 37.8. The topological polar surface area (TPSA) is 60.0 Å². The summed E-state index contributed by atoms with van der Waals surface area (Å²) in [5.41, 5.74) is 1.07. The van der Waals surface area contributed by atoms with Crippen LogP contribution in [0.4, 0.5) is 8.78 Å². The van der Waals surface area contributed by atoms with Crippen molar-refractivity contribution in [2.45, 2.75) is 64.5 Å². The van der Waals surface area contributed by atoms with E-state index in [1.165, 1.54) is 0 Å². The second kappa shape index (κ2) is 9.03. The Bertz CT molecular complexity index is 702. The molecule has 0 spiro atoms. The molecule has 8 heteroatoms. The Morgan fingerprint density at radius 1 is 1.15 bits per heavy atom. The van der Waals surface area contributed by atoms with Gasteiger partial charge in [-0.15, -0.1) is 0 Å². The van der Waals surface area contributed by atoms with Gasteiger partial charge in [0.05, 0.1) is 19.3 Å². The smallest absolute Gasteiger partial charge is 0.299 e. The van der Waals surface area contributed by atoms with Crippen LogP contribution in [-0.4, -0.2) is 36.2 Å². The minimum Gasteiger partial charge on any atom is -0.411 e. The molecule has 1 heterocycles. The van der Waals surface area contributed by atoms with Crippen molar-refractivity contribution >= 4 is 8.32 Å². The Morgan fingerprint density at radius 2 is 1.81 bits per heavy atom. The largest absolute Gasteiger partial charge is 0.411 e. The molecule has 27 heavy (non-hydrogen) atoms. The van der Waals surface area contributed by atoms with E-state index in [0.29, 0.717) is 25.5 Å². The molecule has 1 N–H and O–H groups in total. The fourth-order valence-corrected chi connectivity index (χ4v) is 3.66. The molecule has 0 aliphatic rings. The summed E-state index contributed by atoms with van der Waals surface area (Å²) in [6.07, 6.45) is -2.63. The first-order valence-corrected chi connectivity index (χ1v) is 12.0. The fourth-order valence-electron chi connectivity index (χ4n) is 2.33. The van der Waals surface area contributed by atoms with E-state index in [1.54, 1.807) is 0 Å². The maximum Gasteiger partial charge on any atom is 0.299 e. The van der Waals surface area contributed by atoms with E-state index < -0.39 is 20.6 Å². The lowest BCUT2D eigenvalue weighted by atomic mass is 10.2. The SMILES string of the molecule is CC(C)(C)[Si](C)(C)OC(COCc1ccccc1)Cc1nc(C(F)F)n[nH]1. The zero-order valence-electron chi connectivity index (χ0n) is 16.6. The molecule has 5 nitrogen and oxygen atoms in total. The van der Waals surface area contributed by atoms with Crippen LogP contribution in [0.5, 0.6) is 0 Å². The number of nitrogens with one attached hydrogen (secondary N) is 1. The number of benzene rings is 1. The Kier molecular flexibility index (Phi) is 7.24. The van der Waals surface area contributed by atoms with Gasteiger partial charge in [0.2, 0.25) is 5.82 Å². The Morgan fingerprint density at radius 3 is 2.37 bits per heavy atom. The summed E-state index contributed by atoms with van der Waals surface area (Å²) in [5, 5.41) is 6.19. The van der Waals surface area contributed by atoms with Gasteiger partial charge < -0.3 is 9.16 Å². The van der Waals surface area contributed by atoms with Crippen molar-refractivity contribution in [1.82, 2.24) is 15.2 Å². The van der Waals surface area contributed by atoms with Crippen LogP contribution in [0.25, 0.3) is 0 Å². The van der Waals surface area contributed by atoms with Gasteiger partial charge in [-0.2, -0.15) is 5.10 Å². The number of ether oxygens (including phenoxy) is 1. The lowest BCUT2D eigenvalue weighted by molar-refractivity contribution is 0.0338. The predicted molar refractivity (Wildman–Crippen MR) is 103 cm³/mol. The normalized spacial score (nSPS) is 13.9. The first-order valence-electron chi connectivity index (χ1n) is 9.07. The van der Waals surface area contributed by atoms with Crippen molar-refractivity contribution < 1.29 is 17.9 Å². The number of H-pyrrole nitrogens is 1. The molecular formula is C19H29F2N3O2Si. The van der Waals surface area contributed by atoms with E-state index in [0.717, 1.165) is 5.56 Å². The van der Waals surface area contributed by atoms with Crippen LogP contribution in [-0.2, 0) is 22.2 Å². The summed E-state index contributed by atoms with van der Waals surface area (Å²) in [7, 11) is -2.06. The van der Waals surface area contributed by atoms with E-state index in [4.69, 9.17) is 9.16 Å². The molecule has 0 fully saturated rings. The number of alkyl halides is 2. The number of halogens is 2. The zero-order valence-corrected chi connectivity index (χ0v) is 17.6. The van der Waals surface area contributed by atoms with Crippen molar-refractivity contribution in [2.24, 2.45) is 0 Å². The van der Waals surface area contributed by atoms with Crippen LogP contribution in [0.2, 0.25) is 18.1 Å². The molecule has 0 amide bonds. The number of rotatable bonds is 9. The Labute approximate surface area is 160 Å². The van der Waals surface area contributed by atoms with Crippen LogP contribution in [0, 0.1) is 0 Å². The van der Waals surface area contributed by atoms with Crippen LogP contribution in [0.15, 0.2) is 30.3 Å². The molecule has 0 radical (unpaired) electrons. The van der Waals surface area contributed by atoms with Gasteiger partial charge in [-0.1, -0.05) is 51.1 Å². The molecule has 0 bridgehead atoms. The lowest BCUT2D eigenvalue weighted by Gasteiger charge is -2.39. The van der Waals surface area contributed by atoms with Gasteiger partial charge in [-0.05, 0) is 23.7 Å². The van der Waals surface area contributed by atoms with E-state index in [1.807, 2.05) is 30.3 Å². The maximum absolute atomic E-state index is 12.7. The number of aromatic nitrogens is 3. The highest BCUT2D eigenvalue weighted by Crippen LogP contribution is 2.37. The van der Waals surface area contributed by atoms with E-state index in [9.17, 15) is 8.78 Å². The quantitative estimate of drug-likeness (QED) is 0.612. The highest BCUT2D eigenvalue weighted by atomic mass is 28.4. The van der Waals surface area contributed by atoms with Crippen molar-refractivity contribution in [1.29, 1.82) is 0 Å². The molecule has 1 aromatic carbocycles. The van der Waals surface area contributed by atoms with Crippen LogP contribution < -0.4 is 0 Å². The summed E-state index contributed by atoms with van der Waals surface area (Å²) in [6, 6.07) is 9.87. The second-order valence-corrected chi connectivity index (χ2v) is 12.9. The van der Waals surface area contributed by atoms with Gasteiger partial charge >= 0.3 is 0 Å². The summed E-state index contributed by atoms with van der Waals surface area (Å²) in [5.74, 6) is -0.0985. The molecule has 1 atom stereocenters. The average Bonchev–Trinajstić information content (AvgIpc) is 3.03. The van der Waals surface area contributed by atoms with Gasteiger partial charge in [-0.3, -0.25) is 5.10 Å². The van der Waals surface area contributed by atoms with Crippen LogP contribution >= 0.6 is 0 Å². The van der Waals surface area contributed by atoms with Crippen LogP contribution in [0.3, 0.4) is 0 Å². The average molecular weight is 398 g/mol. The second-order valence-electron chi connectivity index (χ2n) is 8.15. The predicted octanol–water partition coefficient (Wildman–Crippen LogP) is 4.89. The van der Waals surface area contributed by atoms with Gasteiger partial charge in [0.1, 0.15) is 5.82 Å². The first-order chi connectivity index (χ1) is 12.6. The van der Waals surface area contributed by atoms with Gasteiger partial charge in [0.15, 0.2) is 8.32 Å². The highest BCUT2D eigenvalue weighted by molar-refractivity contribution is 6.74. The monoisotopic (exact) mass is 397 g/mol. The summed E-state index contributed by atoms with van der Waals surface area (Å²) in [4.78, 5) is 3.87. The Balaban J connectivity index is 2.04. The molecule has 0 aliphatic heterocycles. The molecule has 0 saturated carbocycles. The molecule has 1 aromatic heterocycles. The molecular weight excluding hydrogens is 368 g/mol. The number of hydrogen-bond donors (Lipinski definition) is 1. The minimum absolute atomic E-state index is 0.0280. The molecule has 0 saturated heterocycles. The van der Waals surface area contributed by atoms with E-state index in [-0.39, 0.29) is 11.1 Å². The number of hydrogen-bond acceptors (Lipinski definition) is 4. The summed E-state index contributed by atoms with van der Waals surface area (Å²) >= 11 is 0. The van der Waals surface area contributed by atoms with Crippen molar-refractivity contribution in [3.05, 3.63) is 47.5 Å². The van der Waals surface area contributed by atoms with E-state index >= 15 is 0 Å². The molecule has 2 rings (SSSR count). The van der Waals surface area contributed by atoms with Crippen molar-refractivity contribution in [3.8, 4) is 0 Å². The van der Waals surface area contributed by atoms with Crippen LogP contribution in [0.1, 0.15) is 44.4 Å². The molecule has 1 unspecified atom stereocenters. The minimum atomic E-state index is -2.69. The highest BCUT2D eigenvalue weighted by Gasteiger charge is 2.39. The third kappa shape index (κ3) is 6.48. The van der Waals surface area contributed by atoms with Crippen molar-refractivity contribution in [3.63, 3.8) is 0 Å². The van der Waals surface area contributed by atoms with E-state index in [2.05, 4.69) is 49.0 Å². The lowest BCUT2D eigenvalue weighted by Crippen LogP contribution is -2.45. The van der Waals surface area contributed by atoms with Gasteiger partial charge in [0.25, 0.3) is 6.43 Å². The fraction of sp³-hybridized carbons (Fsp3) is 0.579. The Hall–Kier alpha value is -1.64. The third-order valence-electron chi connectivity index (χ3n) is 4.85. The molecule has 2 aromatic rings. The number of nitrogens with zero attached hydrogens (tertiary/aromatic N) is 2. The maximum atomic E-state index is 12.7. The van der Waals surface area contributed by atoms with Crippen molar-refractivity contribution in [2.75, 3.05) is 6.61 Å². The van der Waals surface area contributed by atoms with Gasteiger partial charge in [0, 0.05) is 6.42 Å². The molecule has 150 valence electrons. The number of aromatic amines is 1. The first kappa shape index (κ1) is 21.7. The zero-order chi connectivity index (χ0) is 20.1. The summed E-state index contributed by atoms with van der Waals surface area (Å²) in [6.45, 7) is 11.6. The molecule has 0 aliphatic carbocycles. The third-order valence-corrected chi connectivity index (χ3v) is 9.38.